The van der Waals surface area contributed by atoms with Gasteiger partial charge in [-0.1, -0.05) is 13.3 Å². The Morgan fingerprint density at radius 1 is 1.00 bits per heavy atom. The first-order valence-corrected chi connectivity index (χ1v) is 5.83. The summed E-state index contributed by atoms with van der Waals surface area (Å²) in [6.45, 7) is 2.18. The Kier molecular flexibility index (Phi) is 2.08. The van der Waals surface area contributed by atoms with Gasteiger partial charge in [-0.05, 0) is 6.42 Å². The van der Waals surface area contributed by atoms with E-state index in [2.05, 4.69) is 6.92 Å². The monoisotopic (exact) mass is 198 g/mol. The Hall–Kier alpha value is -0.120. The highest BCUT2D eigenvalue weighted by atomic mass is 16.9. The third-order valence-electron chi connectivity index (χ3n) is 3.45. The zero-order valence-corrected chi connectivity index (χ0v) is 8.70. The molecule has 4 bridgehead atoms. The van der Waals surface area contributed by atoms with E-state index in [0.717, 1.165) is 38.5 Å². The molecule has 4 aliphatic rings. The fourth-order valence-corrected chi connectivity index (χ4v) is 2.87. The van der Waals surface area contributed by atoms with Gasteiger partial charge in [0.2, 0.25) is 0 Å². The molecule has 14 heavy (non-hydrogen) atoms. The lowest BCUT2D eigenvalue weighted by molar-refractivity contribution is -0.495. The first kappa shape index (κ1) is 9.13. The second-order valence-corrected chi connectivity index (χ2v) is 4.71. The highest BCUT2D eigenvalue weighted by molar-refractivity contribution is 4.91. The predicted octanol–water partition coefficient (Wildman–Crippen LogP) is 2.20. The number of rotatable bonds is 3. The maximum atomic E-state index is 5.87. The second-order valence-electron chi connectivity index (χ2n) is 4.71. The Labute approximate surface area is 84.7 Å². The van der Waals surface area contributed by atoms with Crippen LogP contribution >= 0.6 is 0 Å². The molecular weight excluding hydrogens is 180 g/mol. The Bertz CT molecular complexity index is 191. The average molecular weight is 198 g/mol. The Morgan fingerprint density at radius 3 is 1.93 bits per heavy atom. The van der Waals surface area contributed by atoms with Crippen LogP contribution in [-0.4, -0.2) is 24.3 Å². The van der Waals surface area contributed by atoms with Gasteiger partial charge in [0.15, 0.2) is 0 Å². The summed E-state index contributed by atoms with van der Waals surface area (Å²) in [5, 5.41) is 0. The van der Waals surface area contributed by atoms with Gasteiger partial charge in [-0.25, -0.2) is 0 Å². The highest BCUT2D eigenvalue weighted by Gasteiger charge is 2.54. The largest absolute Gasteiger partial charge is 0.324 e. The van der Waals surface area contributed by atoms with E-state index in [1.165, 1.54) is 0 Å². The molecule has 0 aromatic rings. The van der Waals surface area contributed by atoms with E-state index in [1.807, 2.05) is 0 Å². The van der Waals surface area contributed by atoms with Gasteiger partial charge in [-0.2, -0.15) is 0 Å². The van der Waals surface area contributed by atoms with Crippen molar-refractivity contribution >= 4 is 0 Å². The van der Waals surface area contributed by atoms with Crippen LogP contribution in [0.15, 0.2) is 0 Å². The van der Waals surface area contributed by atoms with E-state index in [0.29, 0.717) is 18.3 Å². The van der Waals surface area contributed by atoms with Crippen LogP contribution in [0, 0.1) is 0 Å². The molecule has 3 heterocycles. The highest BCUT2D eigenvalue weighted by Crippen LogP contribution is 2.46. The molecule has 80 valence electrons. The first-order valence-electron chi connectivity index (χ1n) is 5.83. The van der Waals surface area contributed by atoms with Gasteiger partial charge < -0.3 is 14.2 Å². The summed E-state index contributed by atoms with van der Waals surface area (Å²) in [6.07, 6.45) is 7.61. The van der Waals surface area contributed by atoms with E-state index in [9.17, 15) is 0 Å². The van der Waals surface area contributed by atoms with Crippen molar-refractivity contribution in [2.45, 2.75) is 69.7 Å². The molecule has 0 radical (unpaired) electrons. The van der Waals surface area contributed by atoms with Crippen LogP contribution in [0.4, 0.5) is 0 Å². The molecule has 0 unspecified atom stereocenters. The summed E-state index contributed by atoms with van der Waals surface area (Å²) >= 11 is 0. The molecule has 0 aromatic carbocycles. The number of hydrogen-bond acceptors (Lipinski definition) is 3. The summed E-state index contributed by atoms with van der Waals surface area (Å²) in [5.41, 5.74) is 0. The van der Waals surface area contributed by atoms with Crippen molar-refractivity contribution in [2.75, 3.05) is 0 Å². The van der Waals surface area contributed by atoms with Crippen LogP contribution in [0.3, 0.4) is 0 Å². The molecule has 3 nitrogen and oxygen atoms in total. The lowest BCUT2D eigenvalue weighted by Crippen LogP contribution is -2.62. The van der Waals surface area contributed by atoms with Crippen molar-refractivity contribution in [3.63, 3.8) is 0 Å². The number of ether oxygens (including phenoxy) is 3. The maximum absolute atomic E-state index is 5.87. The van der Waals surface area contributed by atoms with Gasteiger partial charge in [0.05, 0.1) is 18.3 Å². The van der Waals surface area contributed by atoms with E-state index in [-0.39, 0.29) is 0 Å². The standard InChI is InChI=1S/C11H18O3/c1-2-3-4-11-12-8-5-9(13-11)7-10(6-8)14-11/h8-10H,2-7H2,1H3. The Balaban J connectivity index is 1.74. The van der Waals surface area contributed by atoms with Crippen molar-refractivity contribution in [3.8, 4) is 0 Å². The number of hydrogen-bond donors (Lipinski definition) is 0. The average Bonchev–Trinajstić information content (AvgIpc) is 2.12. The third-order valence-corrected chi connectivity index (χ3v) is 3.45. The lowest BCUT2D eigenvalue weighted by Gasteiger charge is -2.55. The van der Waals surface area contributed by atoms with Crippen molar-refractivity contribution in [2.24, 2.45) is 0 Å². The first-order chi connectivity index (χ1) is 6.80. The fourth-order valence-electron chi connectivity index (χ4n) is 2.87. The predicted molar refractivity (Wildman–Crippen MR) is 50.7 cm³/mol. The van der Waals surface area contributed by atoms with Gasteiger partial charge in [0.25, 0.3) is 5.97 Å². The van der Waals surface area contributed by atoms with Gasteiger partial charge >= 0.3 is 0 Å². The van der Waals surface area contributed by atoms with Crippen LogP contribution in [0.2, 0.25) is 0 Å². The van der Waals surface area contributed by atoms with Crippen LogP contribution in [-0.2, 0) is 14.2 Å². The minimum atomic E-state index is -0.648. The van der Waals surface area contributed by atoms with E-state index >= 15 is 0 Å². The van der Waals surface area contributed by atoms with Crippen LogP contribution in [0.25, 0.3) is 0 Å². The second kappa shape index (κ2) is 3.19. The van der Waals surface area contributed by atoms with Gasteiger partial charge in [-0.3, -0.25) is 0 Å². The SMILES string of the molecule is CCCCC12OC3CC(CC(C3)O1)O2. The maximum Gasteiger partial charge on any atom is 0.283 e. The smallest absolute Gasteiger partial charge is 0.283 e. The summed E-state index contributed by atoms with van der Waals surface area (Å²) in [7, 11) is 0. The van der Waals surface area contributed by atoms with Crippen molar-refractivity contribution < 1.29 is 14.2 Å². The molecule has 4 fully saturated rings. The molecule has 3 saturated heterocycles. The van der Waals surface area contributed by atoms with E-state index < -0.39 is 5.97 Å². The molecule has 0 spiro atoms. The summed E-state index contributed by atoms with van der Waals surface area (Å²) < 4.78 is 17.6. The molecule has 1 saturated carbocycles. The zero-order chi connectivity index (χ0) is 9.60. The number of unbranched alkanes of at least 4 members (excludes halogenated alkanes) is 1. The normalized spacial score (nSPS) is 49.9. The van der Waals surface area contributed by atoms with Crippen molar-refractivity contribution in [1.29, 1.82) is 0 Å². The fraction of sp³-hybridized carbons (Fsp3) is 1.00. The van der Waals surface area contributed by atoms with Crippen molar-refractivity contribution in [3.05, 3.63) is 0 Å². The molecule has 3 heteroatoms. The molecular formula is C11H18O3. The molecule has 3 aliphatic heterocycles. The molecule has 0 aromatic heterocycles. The lowest BCUT2D eigenvalue weighted by atomic mass is 9.88. The van der Waals surface area contributed by atoms with Crippen molar-refractivity contribution in [1.82, 2.24) is 0 Å². The topological polar surface area (TPSA) is 27.7 Å². The van der Waals surface area contributed by atoms with Crippen LogP contribution in [0.1, 0.15) is 45.4 Å². The van der Waals surface area contributed by atoms with Gasteiger partial charge in [0.1, 0.15) is 0 Å². The molecule has 4 rings (SSSR count). The summed E-state index contributed by atoms with van der Waals surface area (Å²) in [5.74, 6) is -0.648. The van der Waals surface area contributed by atoms with Gasteiger partial charge in [0, 0.05) is 25.7 Å². The van der Waals surface area contributed by atoms with Crippen LogP contribution < -0.4 is 0 Å². The molecule has 0 atom stereocenters. The Morgan fingerprint density at radius 2 is 1.50 bits per heavy atom. The summed E-state index contributed by atoms with van der Waals surface area (Å²) in [6, 6.07) is 0. The van der Waals surface area contributed by atoms with Crippen LogP contribution in [0.5, 0.6) is 0 Å². The van der Waals surface area contributed by atoms with E-state index in [4.69, 9.17) is 14.2 Å². The van der Waals surface area contributed by atoms with Gasteiger partial charge in [-0.15, -0.1) is 0 Å². The minimum absolute atomic E-state index is 0.401. The summed E-state index contributed by atoms with van der Waals surface area (Å²) in [4.78, 5) is 0. The third kappa shape index (κ3) is 1.38. The molecule has 0 amide bonds. The van der Waals surface area contributed by atoms with E-state index in [1.54, 1.807) is 0 Å². The quantitative estimate of drug-likeness (QED) is 0.695. The molecule has 0 N–H and O–H groups in total. The minimum Gasteiger partial charge on any atom is -0.324 e. The molecule has 1 aliphatic carbocycles. The zero-order valence-electron chi connectivity index (χ0n) is 8.70.